The van der Waals surface area contributed by atoms with E-state index in [0.717, 1.165) is 89.4 Å². The zero-order chi connectivity index (χ0) is 35.5. The van der Waals surface area contributed by atoms with Crippen LogP contribution in [0.4, 0.5) is 0 Å². The molecule has 5 rings (SSSR count). The standard InChI is InChI=1S/C38H49ClN2O7S2/c1-49-19-6-18-41(36(45)22-33(43)37(46)34(44)24-42)17-4-5-20-50-28-11-12-32(39)26(21-28)25-47-38(14-15-38)31-23-40-16-13-29(31)30-7-2-3-8-35(30)48-27-9-10-27/h2-3,7-8,11-13,16,21,23,27,33-34,37,42-44,46H,4-6,9-10,14-15,17-20,22,24-25H2,1H3. The van der Waals surface area contributed by atoms with Crippen LogP contribution in [-0.4, -0.2) is 98.1 Å². The Morgan fingerprint density at radius 3 is 2.54 bits per heavy atom. The second-order valence-corrected chi connectivity index (χ2v) is 15.6. The van der Waals surface area contributed by atoms with E-state index in [-0.39, 0.29) is 12.3 Å². The Labute approximate surface area is 308 Å². The van der Waals surface area contributed by atoms with E-state index in [9.17, 15) is 20.1 Å². The maximum Gasteiger partial charge on any atom is 0.225 e. The average molecular weight is 745 g/mol. The third kappa shape index (κ3) is 10.8. The van der Waals surface area contributed by atoms with Gasteiger partial charge in [-0.3, -0.25) is 9.78 Å². The number of hydrogen-bond donors (Lipinski definition) is 4. The summed E-state index contributed by atoms with van der Waals surface area (Å²) in [5, 5.41) is 39.6. The van der Waals surface area contributed by atoms with Crippen LogP contribution in [0.2, 0.25) is 5.02 Å². The molecule has 0 spiro atoms. The highest BCUT2D eigenvalue weighted by Gasteiger charge is 2.48. The summed E-state index contributed by atoms with van der Waals surface area (Å²) >= 11 is 10.1. The lowest BCUT2D eigenvalue weighted by molar-refractivity contribution is -0.138. The van der Waals surface area contributed by atoms with Gasteiger partial charge in [0.2, 0.25) is 5.91 Å². The molecule has 2 aromatic carbocycles. The lowest BCUT2D eigenvalue weighted by atomic mass is 9.96. The van der Waals surface area contributed by atoms with Gasteiger partial charge < -0.3 is 34.8 Å². The van der Waals surface area contributed by atoms with E-state index in [2.05, 4.69) is 23.2 Å². The molecule has 2 saturated carbocycles. The van der Waals surface area contributed by atoms with E-state index >= 15 is 0 Å². The van der Waals surface area contributed by atoms with Crippen LogP contribution in [0, 0.1) is 0 Å². The lowest BCUT2D eigenvalue weighted by Gasteiger charge is -2.26. The van der Waals surface area contributed by atoms with Crippen molar-refractivity contribution in [2.24, 2.45) is 0 Å². The number of amides is 1. The molecule has 272 valence electrons. The molecule has 0 radical (unpaired) electrons. The Morgan fingerprint density at radius 2 is 1.80 bits per heavy atom. The molecule has 50 heavy (non-hydrogen) atoms. The number of benzene rings is 2. The highest BCUT2D eigenvalue weighted by molar-refractivity contribution is 7.99. The van der Waals surface area contributed by atoms with Gasteiger partial charge in [-0.25, -0.2) is 0 Å². The van der Waals surface area contributed by atoms with E-state index in [1.165, 1.54) is 0 Å². The number of aromatic nitrogens is 1. The maximum absolute atomic E-state index is 13.0. The molecule has 4 N–H and O–H groups in total. The smallest absolute Gasteiger partial charge is 0.225 e. The highest BCUT2D eigenvalue weighted by atomic mass is 35.5. The first-order valence-electron chi connectivity index (χ1n) is 17.4. The maximum atomic E-state index is 13.0. The van der Waals surface area contributed by atoms with E-state index < -0.39 is 30.5 Å². The molecule has 12 heteroatoms. The number of ether oxygens (including phenoxy) is 2. The van der Waals surface area contributed by atoms with Gasteiger partial charge in [-0.2, -0.15) is 11.8 Å². The SMILES string of the molecule is CSCCCN(CCCCSc1ccc(Cl)c(COC2(c3cnccc3-c3ccccc3OC3CC3)CC2)c1)C(=O)CC(O)C(O)C(O)CO. The van der Waals surface area contributed by atoms with Crippen molar-refractivity contribution in [3.8, 4) is 16.9 Å². The fourth-order valence-corrected chi connectivity index (χ4v) is 7.43. The summed E-state index contributed by atoms with van der Waals surface area (Å²) in [7, 11) is 0. The topological polar surface area (TPSA) is 133 Å². The van der Waals surface area contributed by atoms with Gasteiger partial charge in [0.05, 0.1) is 37.4 Å². The molecule has 0 saturated heterocycles. The van der Waals surface area contributed by atoms with E-state index in [4.69, 9.17) is 26.2 Å². The van der Waals surface area contributed by atoms with Crippen molar-refractivity contribution in [1.82, 2.24) is 9.88 Å². The van der Waals surface area contributed by atoms with Gasteiger partial charge in [0.15, 0.2) is 0 Å². The molecule has 9 nitrogen and oxygen atoms in total. The molecule has 0 bridgehead atoms. The van der Waals surface area contributed by atoms with Crippen LogP contribution < -0.4 is 4.74 Å². The van der Waals surface area contributed by atoms with Gasteiger partial charge in [0.1, 0.15) is 18.0 Å². The van der Waals surface area contributed by atoms with Crippen molar-refractivity contribution in [3.63, 3.8) is 0 Å². The van der Waals surface area contributed by atoms with Crippen LogP contribution in [0.25, 0.3) is 11.1 Å². The summed E-state index contributed by atoms with van der Waals surface area (Å²) in [4.78, 5) is 20.2. The first kappa shape index (κ1) is 38.9. The largest absolute Gasteiger partial charge is 0.490 e. The van der Waals surface area contributed by atoms with E-state index in [1.807, 2.05) is 49.0 Å². The number of aliphatic hydroxyl groups is 4. The second kappa shape index (κ2) is 18.9. The average Bonchev–Trinajstić information content (AvgIpc) is 4.08. The lowest BCUT2D eigenvalue weighted by Crippen LogP contribution is -2.43. The van der Waals surface area contributed by atoms with Crippen LogP contribution in [0.5, 0.6) is 5.75 Å². The van der Waals surface area contributed by atoms with Gasteiger partial charge in [-0.1, -0.05) is 29.8 Å². The molecule has 3 atom stereocenters. The zero-order valence-corrected chi connectivity index (χ0v) is 31.0. The van der Waals surface area contributed by atoms with E-state index in [0.29, 0.717) is 30.8 Å². The van der Waals surface area contributed by atoms with Gasteiger partial charge in [-0.15, -0.1) is 11.8 Å². The van der Waals surface area contributed by atoms with Crippen LogP contribution >= 0.6 is 35.1 Å². The first-order chi connectivity index (χ1) is 24.2. The van der Waals surface area contributed by atoms with Gasteiger partial charge >= 0.3 is 0 Å². The fraction of sp³-hybridized carbons (Fsp3) is 0.526. The number of hydrogen-bond acceptors (Lipinski definition) is 10. The monoisotopic (exact) mass is 744 g/mol. The van der Waals surface area contributed by atoms with Crippen molar-refractivity contribution in [2.45, 2.75) is 92.9 Å². The molecule has 0 aliphatic heterocycles. The number of carbonyl (C=O) groups excluding carboxylic acids is 1. The van der Waals surface area contributed by atoms with Gasteiger partial charge in [-0.05, 0) is 104 Å². The molecule has 2 aliphatic carbocycles. The first-order valence-corrected chi connectivity index (χ1v) is 20.2. The molecule has 1 aromatic heterocycles. The highest BCUT2D eigenvalue weighted by Crippen LogP contribution is 2.53. The van der Waals surface area contributed by atoms with Crippen molar-refractivity contribution < 1.29 is 34.7 Å². The van der Waals surface area contributed by atoms with Crippen LogP contribution in [-0.2, 0) is 21.7 Å². The molecule has 2 aliphatic rings. The van der Waals surface area contributed by atoms with Crippen molar-refractivity contribution in [1.29, 1.82) is 0 Å². The Balaban J connectivity index is 1.14. The predicted octanol–water partition coefficient (Wildman–Crippen LogP) is 6.07. The van der Waals surface area contributed by atoms with Gasteiger partial charge in [0.25, 0.3) is 0 Å². The van der Waals surface area contributed by atoms with Crippen LogP contribution in [0.1, 0.15) is 62.5 Å². The molecule has 3 aromatic rings. The third-order valence-corrected chi connectivity index (χ3v) is 11.3. The number of unbranched alkanes of at least 4 members (excludes halogenated alkanes) is 1. The van der Waals surface area contributed by atoms with Crippen LogP contribution in [0.15, 0.2) is 65.8 Å². The molecule has 2 fully saturated rings. The Hall–Kier alpha value is -2.35. The molecular formula is C38H49ClN2O7S2. The number of carbonyl (C=O) groups is 1. The summed E-state index contributed by atoms with van der Waals surface area (Å²) in [5.41, 5.74) is 3.73. The minimum Gasteiger partial charge on any atom is -0.490 e. The number of thioether (sulfide) groups is 2. The quantitative estimate of drug-likeness (QED) is 0.0711. The number of para-hydroxylation sites is 1. The Kier molecular flexibility index (Phi) is 14.7. The van der Waals surface area contributed by atoms with Crippen molar-refractivity contribution >= 4 is 41.0 Å². The fourth-order valence-electron chi connectivity index (χ4n) is 5.87. The summed E-state index contributed by atoms with van der Waals surface area (Å²) in [6, 6.07) is 16.3. The van der Waals surface area contributed by atoms with Gasteiger partial charge in [0, 0.05) is 46.5 Å². The Morgan fingerprint density at radius 1 is 1.02 bits per heavy atom. The molecule has 3 unspecified atom stereocenters. The number of rotatable bonds is 22. The summed E-state index contributed by atoms with van der Waals surface area (Å²) in [6.07, 6.45) is 7.71. The summed E-state index contributed by atoms with van der Waals surface area (Å²) in [5.74, 6) is 2.38. The number of nitrogens with zero attached hydrogens (tertiary/aromatic N) is 2. The summed E-state index contributed by atoms with van der Waals surface area (Å²) in [6.45, 7) is 0.781. The number of halogens is 1. The van der Waals surface area contributed by atoms with Crippen molar-refractivity contribution in [2.75, 3.05) is 37.5 Å². The molecular weight excluding hydrogens is 696 g/mol. The number of aliphatic hydroxyl groups excluding tert-OH is 4. The Bertz CT molecular complexity index is 1540. The van der Waals surface area contributed by atoms with Crippen LogP contribution in [0.3, 0.4) is 0 Å². The normalized spacial score (nSPS) is 16.8. The summed E-state index contributed by atoms with van der Waals surface area (Å²) < 4.78 is 12.9. The predicted molar refractivity (Wildman–Crippen MR) is 200 cm³/mol. The third-order valence-electron chi connectivity index (χ3n) is 9.11. The molecule has 1 amide bonds. The second-order valence-electron chi connectivity index (χ2n) is 13.1. The number of pyridine rings is 1. The minimum atomic E-state index is -1.58. The zero-order valence-electron chi connectivity index (χ0n) is 28.6. The van der Waals surface area contributed by atoms with E-state index in [1.54, 1.807) is 28.4 Å². The van der Waals surface area contributed by atoms with Crippen molar-refractivity contribution in [3.05, 3.63) is 77.1 Å². The molecule has 1 heterocycles. The minimum absolute atomic E-state index is 0.277.